The highest BCUT2D eigenvalue weighted by atomic mass is 16.5. The molecule has 0 amide bonds. The van der Waals surface area contributed by atoms with Crippen LogP contribution in [0.25, 0.3) is 0 Å². The predicted molar refractivity (Wildman–Crippen MR) is 148 cm³/mol. The molecule has 4 aliphatic carbocycles. The van der Waals surface area contributed by atoms with Gasteiger partial charge in [0.05, 0.1) is 18.1 Å². The van der Waals surface area contributed by atoms with Crippen molar-refractivity contribution in [1.82, 2.24) is 0 Å². The minimum Gasteiger partial charge on any atom is -0.481 e. The fraction of sp³-hybridized carbons (Fsp3) is 0.781. The smallest absolute Gasteiger partial charge is 0.306 e. The van der Waals surface area contributed by atoms with Crippen LogP contribution < -0.4 is 0 Å². The summed E-state index contributed by atoms with van der Waals surface area (Å²) in [5, 5.41) is 31.7. The number of Topliss-reactive ketones (excluding diaryl/α,β-unsaturated/α-hetero) is 3. The molecular formula is C32H46O9. The molecule has 0 unspecified atom stereocenters. The lowest BCUT2D eigenvalue weighted by atomic mass is 9.42. The number of ether oxygens (including phenoxy) is 1. The number of allylic oxidation sites excluding steroid dienone is 1. The maximum Gasteiger partial charge on any atom is 0.306 e. The zero-order valence-corrected chi connectivity index (χ0v) is 25.6. The Labute approximate surface area is 242 Å². The lowest BCUT2D eigenvalue weighted by Gasteiger charge is -2.61. The second-order valence-electron chi connectivity index (χ2n) is 14.7. The van der Waals surface area contributed by atoms with E-state index in [2.05, 4.69) is 0 Å². The minimum absolute atomic E-state index is 0.0162. The highest BCUT2D eigenvalue weighted by Crippen LogP contribution is 2.71. The topological polar surface area (TPSA) is 155 Å². The molecule has 0 bridgehead atoms. The number of aliphatic hydroxyl groups excluding tert-OH is 2. The number of rotatable bonds is 7. The molecule has 4 rings (SSSR count). The highest BCUT2D eigenvalue weighted by Gasteiger charge is 2.73. The van der Waals surface area contributed by atoms with Crippen molar-refractivity contribution in [3.05, 3.63) is 11.1 Å². The van der Waals surface area contributed by atoms with E-state index in [0.717, 1.165) is 0 Å². The molecule has 10 atom stereocenters. The third-order valence-electron chi connectivity index (χ3n) is 11.8. The van der Waals surface area contributed by atoms with E-state index in [1.54, 1.807) is 13.8 Å². The van der Waals surface area contributed by atoms with Gasteiger partial charge in [0.1, 0.15) is 5.78 Å². The Morgan fingerprint density at radius 1 is 1.00 bits per heavy atom. The molecule has 4 aliphatic rings. The van der Waals surface area contributed by atoms with Gasteiger partial charge < -0.3 is 20.1 Å². The van der Waals surface area contributed by atoms with E-state index in [1.165, 1.54) is 13.8 Å². The number of ketones is 3. The van der Waals surface area contributed by atoms with Crippen molar-refractivity contribution in [2.24, 2.45) is 45.3 Å². The maximum absolute atomic E-state index is 14.6. The molecular weight excluding hydrogens is 528 g/mol. The van der Waals surface area contributed by atoms with Gasteiger partial charge in [-0.3, -0.25) is 24.0 Å². The Morgan fingerprint density at radius 2 is 1.61 bits per heavy atom. The van der Waals surface area contributed by atoms with E-state index in [9.17, 15) is 39.3 Å². The normalized spacial score (nSPS) is 41.2. The van der Waals surface area contributed by atoms with E-state index in [4.69, 9.17) is 4.74 Å². The molecule has 0 spiro atoms. The number of hydrogen-bond donors (Lipinski definition) is 3. The number of carboxylic acids is 1. The van der Waals surface area contributed by atoms with Gasteiger partial charge in [0.2, 0.25) is 5.78 Å². The quantitative estimate of drug-likeness (QED) is 0.386. The van der Waals surface area contributed by atoms with Crippen LogP contribution in [0.5, 0.6) is 0 Å². The van der Waals surface area contributed by atoms with Crippen LogP contribution in [-0.2, 0) is 28.7 Å². The number of carboxylic acid groups (broad SMARTS) is 1. The molecule has 2 saturated carbocycles. The van der Waals surface area contributed by atoms with Gasteiger partial charge in [0.15, 0.2) is 11.9 Å². The molecule has 0 heterocycles. The van der Waals surface area contributed by atoms with Crippen molar-refractivity contribution >= 4 is 29.3 Å². The highest BCUT2D eigenvalue weighted by molar-refractivity contribution is 6.13. The summed E-state index contributed by atoms with van der Waals surface area (Å²) in [6.07, 6.45) is -1.79. The third-order valence-corrected chi connectivity index (χ3v) is 11.8. The number of carbonyl (C=O) groups excluding carboxylic acids is 4. The number of esters is 1. The Bertz CT molecular complexity index is 1220. The van der Waals surface area contributed by atoms with Crippen molar-refractivity contribution in [3.8, 4) is 0 Å². The average Bonchev–Trinajstić information content (AvgIpc) is 3.05. The minimum atomic E-state index is -1.28. The van der Waals surface area contributed by atoms with Crippen LogP contribution in [0, 0.1) is 45.3 Å². The zero-order valence-electron chi connectivity index (χ0n) is 25.6. The van der Waals surface area contributed by atoms with Gasteiger partial charge in [0.25, 0.3) is 0 Å². The van der Waals surface area contributed by atoms with Crippen LogP contribution in [0.2, 0.25) is 0 Å². The largest absolute Gasteiger partial charge is 0.481 e. The third kappa shape index (κ3) is 4.44. The number of aliphatic carboxylic acids is 1. The number of carbonyl (C=O) groups is 5. The molecule has 0 aromatic heterocycles. The van der Waals surface area contributed by atoms with E-state index < -0.39 is 75.4 Å². The fourth-order valence-corrected chi connectivity index (χ4v) is 9.61. The van der Waals surface area contributed by atoms with Crippen LogP contribution >= 0.6 is 0 Å². The lowest BCUT2D eigenvalue weighted by molar-refractivity contribution is -0.176. The van der Waals surface area contributed by atoms with Crippen molar-refractivity contribution in [2.75, 3.05) is 0 Å². The Hall–Kier alpha value is -2.39. The first-order valence-corrected chi connectivity index (χ1v) is 14.9. The summed E-state index contributed by atoms with van der Waals surface area (Å²) in [6, 6.07) is 0. The van der Waals surface area contributed by atoms with Crippen molar-refractivity contribution in [2.45, 2.75) is 112 Å². The SMILES string of the molecule is CC(=O)O[C@@H]1C(=O)C2=C(C(=O)C[C@H]3C(C)(C)[C@@H](O)CC[C@]23C)[C@]2(C)C[C@H](O)[C@H]([C@H](C)CC(=O)C[C@@H](C)C(=O)O)[C@@]12C. The summed E-state index contributed by atoms with van der Waals surface area (Å²) in [5.74, 6) is -4.91. The fourth-order valence-electron chi connectivity index (χ4n) is 9.61. The zero-order chi connectivity index (χ0) is 31.0. The van der Waals surface area contributed by atoms with Gasteiger partial charge in [0, 0.05) is 53.6 Å². The number of fused-ring (bicyclic) bond motifs is 4. The molecule has 0 radical (unpaired) electrons. The average molecular weight is 575 g/mol. The van der Waals surface area contributed by atoms with Gasteiger partial charge in [-0.1, -0.05) is 48.5 Å². The second-order valence-corrected chi connectivity index (χ2v) is 14.7. The summed E-state index contributed by atoms with van der Waals surface area (Å²) in [7, 11) is 0. The molecule has 0 aromatic carbocycles. The standard InChI is InChI=1S/C32H46O9/c1-15(11-18(34)12-16(2)28(39)40)23-20(36)14-31(7)24-19(35)13-21-29(4,5)22(37)9-10-30(21,6)25(24)26(38)27(32(23,31)8)41-17(3)33/h15-16,20-23,27,36-37H,9-14H2,1-8H3,(H,39,40)/t15-,16-,20+,21+,22+,23+,27-,30+,31+,32+/m1/s1. The first-order valence-electron chi connectivity index (χ1n) is 14.9. The molecule has 9 nitrogen and oxygen atoms in total. The Balaban J connectivity index is 1.87. The van der Waals surface area contributed by atoms with Gasteiger partial charge >= 0.3 is 11.9 Å². The Morgan fingerprint density at radius 3 is 2.17 bits per heavy atom. The van der Waals surface area contributed by atoms with E-state index in [1.807, 2.05) is 27.7 Å². The van der Waals surface area contributed by atoms with E-state index in [0.29, 0.717) is 24.0 Å². The van der Waals surface area contributed by atoms with Gasteiger partial charge in [-0.15, -0.1) is 0 Å². The number of aliphatic hydroxyl groups is 2. The van der Waals surface area contributed by atoms with Crippen molar-refractivity contribution in [3.63, 3.8) is 0 Å². The van der Waals surface area contributed by atoms with Crippen LogP contribution in [-0.4, -0.2) is 62.9 Å². The molecule has 0 saturated heterocycles. The van der Waals surface area contributed by atoms with Gasteiger partial charge in [-0.2, -0.15) is 0 Å². The van der Waals surface area contributed by atoms with Gasteiger partial charge in [-0.05, 0) is 42.4 Å². The summed E-state index contributed by atoms with van der Waals surface area (Å²) < 4.78 is 5.84. The number of hydrogen-bond acceptors (Lipinski definition) is 8. The molecule has 9 heteroatoms. The van der Waals surface area contributed by atoms with Crippen LogP contribution in [0.15, 0.2) is 11.1 Å². The summed E-state index contributed by atoms with van der Waals surface area (Å²) in [6.45, 7) is 14.0. The summed E-state index contributed by atoms with van der Waals surface area (Å²) in [5.41, 5.74) is -2.81. The molecule has 228 valence electrons. The second kappa shape index (κ2) is 10.1. The Kier molecular flexibility index (Phi) is 7.78. The van der Waals surface area contributed by atoms with Crippen molar-refractivity contribution < 1.29 is 44.0 Å². The summed E-state index contributed by atoms with van der Waals surface area (Å²) >= 11 is 0. The molecule has 41 heavy (non-hydrogen) atoms. The van der Waals surface area contributed by atoms with E-state index in [-0.39, 0.29) is 43.2 Å². The van der Waals surface area contributed by atoms with Crippen molar-refractivity contribution in [1.29, 1.82) is 0 Å². The monoisotopic (exact) mass is 574 g/mol. The lowest BCUT2D eigenvalue weighted by Crippen LogP contribution is -2.64. The van der Waals surface area contributed by atoms with Crippen LogP contribution in [0.1, 0.15) is 93.9 Å². The van der Waals surface area contributed by atoms with E-state index >= 15 is 0 Å². The van der Waals surface area contributed by atoms with Crippen LogP contribution in [0.3, 0.4) is 0 Å². The maximum atomic E-state index is 14.6. The molecule has 2 fully saturated rings. The molecule has 0 aliphatic heterocycles. The molecule has 0 aromatic rings. The van der Waals surface area contributed by atoms with Gasteiger partial charge in [-0.25, -0.2) is 0 Å². The first-order chi connectivity index (χ1) is 18.7. The predicted octanol–water partition coefficient (Wildman–Crippen LogP) is 3.67. The molecule has 3 N–H and O–H groups in total. The first kappa shape index (κ1) is 31.5. The summed E-state index contributed by atoms with van der Waals surface area (Å²) in [4.78, 5) is 65.5. The van der Waals surface area contributed by atoms with Crippen LogP contribution in [0.4, 0.5) is 0 Å².